The van der Waals surface area contributed by atoms with Gasteiger partial charge >= 0.3 is 4.97 Å². The number of nitrogens with zero attached hydrogens (tertiary/aromatic N) is 1. The number of aliphatic hydroxyl groups excluding tert-OH is 1. The van der Waals surface area contributed by atoms with Crippen LogP contribution in [0.25, 0.3) is 0 Å². The van der Waals surface area contributed by atoms with Crippen molar-refractivity contribution in [1.29, 1.82) is 0 Å². The van der Waals surface area contributed by atoms with Crippen LogP contribution in [0.1, 0.15) is 45.6 Å². The van der Waals surface area contributed by atoms with E-state index >= 15 is 0 Å². The number of carbonyl (C=O) groups is 1. The maximum absolute atomic E-state index is 13.0. The Hall–Kier alpha value is -2.09. The maximum atomic E-state index is 13.0. The standard InChI is InChI=1S/C29H34BIN2O5S/c1-20(32-16-28(39-38-30(31)37-2)23-10-11-27(35)26(15-23)19-34)12-21-6-5-7-22(13-21)14-29(36)33-17-24-8-3-4-9-25(24)18-33/h3-11,13,15,20,28,32,34-35H,12,14,16-19H2,1-2H3/t20?,28-/m0/s1. The SMILES string of the molecule is COB(I)OS[C@@H](CNC(C)Cc1cccc(CC(=O)N2Cc3ccccc3C2)c1)c1ccc(O)c(CO)c1. The Labute approximate surface area is 248 Å². The number of hydrogen-bond acceptors (Lipinski definition) is 7. The van der Waals surface area contributed by atoms with Crippen LogP contribution in [0.5, 0.6) is 5.75 Å². The smallest absolute Gasteiger partial charge is 0.508 e. The number of aromatic hydroxyl groups is 1. The summed E-state index contributed by atoms with van der Waals surface area (Å²) in [6, 6.07) is 21.9. The Morgan fingerprint density at radius 3 is 2.51 bits per heavy atom. The van der Waals surface area contributed by atoms with E-state index in [-0.39, 0.29) is 29.6 Å². The van der Waals surface area contributed by atoms with Crippen LogP contribution in [0.15, 0.2) is 66.7 Å². The third-order valence-corrected chi connectivity index (χ3v) is 8.88. The number of amides is 1. The van der Waals surface area contributed by atoms with Gasteiger partial charge in [-0.15, -0.1) is 0 Å². The van der Waals surface area contributed by atoms with Crippen molar-refractivity contribution in [2.24, 2.45) is 0 Å². The molecule has 0 aliphatic carbocycles. The second-order valence-corrected chi connectivity index (χ2v) is 11.7. The number of aliphatic hydroxyl groups is 1. The lowest BCUT2D eigenvalue weighted by atomic mass is 10.0. The Kier molecular flexibility index (Phi) is 11.1. The number of halogens is 1. The molecule has 0 fully saturated rings. The van der Waals surface area contributed by atoms with Crippen LogP contribution >= 0.6 is 34.4 Å². The Morgan fingerprint density at radius 1 is 1.10 bits per heavy atom. The first-order valence-electron chi connectivity index (χ1n) is 12.9. The number of nitrogens with one attached hydrogen (secondary N) is 1. The molecule has 10 heteroatoms. The summed E-state index contributed by atoms with van der Waals surface area (Å²) in [5.74, 6) is 0.221. The van der Waals surface area contributed by atoms with Crippen molar-refractivity contribution in [3.63, 3.8) is 0 Å². The van der Waals surface area contributed by atoms with Crippen LogP contribution in [0.4, 0.5) is 0 Å². The average molecular weight is 660 g/mol. The van der Waals surface area contributed by atoms with Crippen molar-refractivity contribution < 1.29 is 23.8 Å². The molecule has 0 bridgehead atoms. The molecule has 1 unspecified atom stereocenters. The molecule has 0 saturated carbocycles. The minimum Gasteiger partial charge on any atom is -0.508 e. The third kappa shape index (κ3) is 8.45. The van der Waals surface area contributed by atoms with Crippen LogP contribution in [-0.4, -0.2) is 45.7 Å². The molecule has 3 aromatic carbocycles. The Balaban J connectivity index is 1.34. The highest BCUT2D eigenvalue weighted by Crippen LogP contribution is 2.33. The molecule has 39 heavy (non-hydrogen) atoms. The van der Waals surface area contributed by atoms with E-state index in [1.165, 1.54) is 28.7 Å². The van der Waals surface area contributed by atoms with E-state index in [2.05, 4.69) is 58.9 Å². The summed E-state index contributed by atoms with van der Waals surface area (Å²) in [6.45, 7) is 3.87. The van der Waals surface area contributed by atoms with Crippen molar-refractivity contribution in [2.75, 3.05) is 13.7 Å². The van der Waals surface area contributed by atoms with E-state index in [0.29, 0.717) is 31.6 Å². The average Bonchev–Trinajstić information content (AvgIpc) is 3.38. The molecule has 1 aliphatic heterocycles. The molecule has 3 aromatic rings. The fraction of sp³-hybridized carbons (Fsp3) is 0.345. The van der Waals surface area contributed by atoms with Gasteiger partial charge in [-0.05, 0) is 65.3 Å². The van der Waals surface area contributed by atoms with Gasteiger partial charge in [0.25, 0.3) is 0 Å². The van der Waals surface area contributed by atoms with Crippen LogP contribution < -0.4 is 5.32 Å². The van der Waals surface area contributed by atoms with Gasteiger partial charge in [-0.25, -0.2) is 0 Å². The Morgan fingerprint density at radius 2 is 1.82 bits per heavy atom. The van der Waals surface area contributed by atoms with Crippen LogP contribution in [0, 0.1) is 0 Å². The van der Waals surface area contributed by atoms with E-state index in [0.717, 1.165) is 17.5 Å². The van der Waals surface area contributed by atoms with Crippen LogP contribution in [-0.2, 0) is 46.1 Å². The fourth-order valence-corrected chi connectivity index (χ4v) is 5.77. The summed E-state index contributed by atoms with van der Waals surface area (Å²) in [6.07, 6.45) is 1.20. The molecule has 7 nitrogen and oxygen atoms in total. The van der Waals surface area contributed by atoms with Crippen molar-refractivity contribution >= 4 is 45.3 Å². The topological polar surface area (TPSA) is 91.3 Å². The highest BCUT2D eigenvalue weighted by molar-refractivity contribution is 14.1. The fourth-order valence-electron chi connectivity index (χ4n) is 4.69. The first-order chi connectivity index (χ1) is 18.9. The minimum atomic E-state index is -0.401. The molecule has 0 aromatic heterocycles. The number of hydrogen-bond donors (Lipinski definition) is 3. The summed E-state index contributed by atoms with van der Waals surface area (Å²) in [7, 11) is 1.59. The van der Waals surface area contributed by atoms with Gasteiger partial charge < -0.3 is 29.2 Å². The molecule has 0 radical (unpaired) electrons. The molecule has 3 N–H and O–H groups in total. The van der Waals surface area contributed by atoms with Gasteiger partial charge in [-0.1, -0.05) is 77.0 Å². The van der Waals surface area contributed by atoms with Crippen molar-refractivity contribution in [3.05, 3.63) is 100 Å². The van der Waals surface area contributed by atoms with Gasteiger partial charge in [0.05, 0.1) is 18.3 Å². The second kappa shape index (κ2) is 14.5. The predicted octanol–water partition coefficient (Wildman–Crippen LogP) is 4.96. The van der Waals surface area contributed by atoms with Gasteiger partial charge in [0.2, 0.25) is 5.91 Å². The normalized spacial score (nSPS) is 14.2. The zero-order chi connectivity index (χ0) is 27.8. The van der Waals surface area contributed by atoms with Gasteiger partial charge in [0.1, 0.15) is 5.75 Å². The summed E-state index contributed by atoms with van der Waals surface area (Å²) in [4.78, 5) is 14.5. The highest BCUT2D eigenvalue weighted by atomic mass is 127. The molecular formula is C29H34BIN2O5S. The zero-order valence-corrected chi connectivity index (χ0v) is 25.2. The molecule has 1 aliphatic rings. The van der Waals surface area contributed by atoms with E-state index in [9.17, 15) is 15.0 Å². The summed E-state index contributed by atoms with van der Waals surface area (Å²) in [5, 5.41) is 23.1. The summed E-state index contributed by atoms with van der Waals surface area (Å²) in [5.41, 5.74) is 6.08. The Bertz CT molecular complexity index is 1240. The number of phenols is 1. The third-order valence-electron chi connectivity index (χ3n) is 6.81. The van der Waals surface area contributed by atoms with E-state index in [1.54, 1.807) is 19.2 Å². The monoisotopic (exact) mass is 660 g/mol. The van der Waals surface area contributed by atoms with Crippen molar-refractivity contribution in [2.45, 2.75) is 50.8 Å². The van der Waals surface area contributed by atoms with Crippen molar-refractivity contribution in [3.8, 4) is 5.75 Å². The first kappa shape index (κ1) is 29.9. The predicted molar refractivity (Wildman–Crippen MR) is 164 cm³/mol. The first-order valence-corrected chi connectivity index (χ1v) is 15.0. The van der Waals surface area contributed by atoms with Gasteiger partial charge in [-0.2, -0.15) is 0 Å². The van der Waals surface area contributed by atoms with Gasteiger partial charge in [0.15, 0.2) is 0 Å². The molecule has 0 spiro atoms. The number of carbonyl (C=O) groups excluding carboxylic acids is 1. The molecule has 0 saturated heterocycles. The highest BCUT2D eigenvalue weighted by Gasteiger charge is 2.23. The molecule has 4 rings (SSSR count). The number of benzene rings is 3. The molecule has 1 heterocycles. The summed E-state index contributed by atoms with van der Waals surface area (Å²) < 4.78 is 11.0. The van der Waals surface area contributed by atoms with Gasteiger partial charge in [0, 0.05) is 38.3 Å². The molecule has 206 valence electrons. The lowest BCUT2D eigenvalue weighted by molar-refractivity contribution is -0.131. The number of fused-ring (bicyclic) bond motifs is 1. The van der Waals surface area contributed by atoms with Gasteiger partial charge in [-0.3, -0.25) is 4.79 Å². The zero-order valence-electron chi connectivity index (χ0n) is 22.2. The lowest BCUT2D eigenvalue weighted by Gasteiger charge is -2.22. The minimum absolute atomic E-state index is 0.0727. The molecule has 2 atom stereocenters. The van der Waals surface area contributed by atoms with E-state index in [1.807, 2.05) is 35.2 Å². The maximum Gasteiger partial charge on any atom is 0.543 e. The van der Waals surface area contributed by atoms with E-state index < -0.39 is 4.97 Å². The van der Waals surface area contributed by atoms with Crippen LogP contribution in [0.2, 0.25) is 0 Å². The largest absolute Gasteiger partial charge is 0.543 e. The van der Waals surface area contributed by atoms with E-state index in [4.69, 9.17) is 8.75 Å². The lowest BCUT2D eigenvalue weighted by Crippen LogP contribution is -2.31. The molecule has 1 amide bonds. The summed E-state index contributed by atoms with van der Waals surface area (Å²) >= 11 is 3.36. The van der Waals surface area contributed by atoms with Crippen LogP contribution in [0.3, 0.4) is 0 Å². The molecular weight excluding hydrogens is 626 g/mol. The number of rotatable bonds is 13. The second-order valence-electron chi connectivity index (χ2n) is 9.77. The van der Waals surface area contributed by atoms with Crippen molar-refractivity contribution in [1.82, 2.24) is 10.2 Å². The quantitative estimate of drug-likeness (QED) is 0.136.